The molecule has 76 valence electrons. The first-order chi connectivity index (χ1) is 6.26. The molecule has 0 spiro atoms. The third-order valence-corrected chi connectivity index (χ3v) is 3.43. The van der Waals surface area contributed by atoms with Gasteiger partial charge < -0.3 is 10.5 Å². The lowest BCUT2D eigenvalue weighted by Crippen LogP contribution is -2.47. The van der Waals surface area contributed by atoms with Gasteiger partial charge in [-0.15, -0.1) is 0 Å². The second-order valence-electron chi connectivity index (χ2n) is 4.60. The molecule has 2 fully saturated rings. The van der Waals surface area contributed by atoms with Crippen LogP contribution in [0, 0.1) is 5.41 Å². The lowest BCUT2D eigenvalue weighted by Gasteiger charge is -2.35. The van der Waals surface area contributed by atoms with Gasteiger partial charge in [0.05, 0.1) is 13.2 Å². The molecule has 1 aliphatic heterocycles. The predicted octanol–water partition coefficient (Wildman–Crippen LogP) is 0.446. The number of morpholine rings is 1. The van der Waals surface area contributed by atoms with E-state index in [4.69, 9.17) is 10.5 Å². The molecular formula is C10H20N2O. The number of hydrogen-bond donors (Lipinski definition) is 1. The molecule has 2 aliphatic rings. The van der Waals surface area contributed by atoms with Crippen molar-refractivity contribution in [2.75, 3.05) is 32.8 Å². The van der Waals surface area contributed by atoms with Crippen molar-refractivity contribution < 1.29 is 4.74 Å². The molecule has 1 aliphatic carbocycles. The zero-order valence-electron chi connectivity index (χ0n) is 8.46. The Balaban J connectivity index is 1.85. The van der Waals surface area contributed by atoms with Crippen LogP contribution in [0.3, 0.4) is 0 Å². The maximum absolute atomic E-state index is 5.77. The third-order valence-electron chi connectivity index (χ3n) is 3.43. The Morgan fingerprint density at radius 1 is 1.54 bits per heavy atom. The van der Waals surface area contributed by atoms with Gasteiger partial charge in [-0.2, -0.15) is 0 Å². The van der Waals surface area contributed by atoms with Gasteiger partial charge in [-0.1, -0.05) is 0 Å². The number of hydrogen-bond acceptors (Lipinski definition) is 3. The summed E-state index contributed by atoms with van der Waals surface area (Å²) in [5.74, 6) is 0. The van der Waals surface area contributed by atoms with Crippen LogP contribution >= 0.6 is 0 Å². The van der Waals surface area contributed by atoms with E-state index < -0.39 is 0 Å². The standard InChI is InChI=1S/C10H20N2O/c1-9-6-13-5-4-12(9)8-10(7-11)2-3-10/h9H,2-8,11H2,1H3. The van der Waals surface area contributed by atoms with Crippen LogP contribution in [0.1, 0.15) is 19.8 Å². The highest BCUT2D eigenvalue weighted by Gasteiger charge is 2.43. The van der Waals surface area contributed by atoms with E-state index in [-0.39, 0.29) is 0 Å². The first-order valence-corrected chi connectivity index (χ1v) is 5.28. The summed E-state index contributed by atoms with van der Waals surface area (Å²) in [7, 11) is 0. The van der Waals surface area contributed by atoms with Gasteiger partial charge in [-0.25, -0.2) is 0 Å². The minimum atomic E-state index is 0.478. The highest BCUT2D eigenvalue weighted by Crippen LogP contribution is 2.45. The van der Waals surface area contributed by atoms with Gasteiger partial charge >= 0.3 is 0 Å². The lowest BCUT2D eigenvalue weighted by molar-refractivity contribution is -0.00880. The van der Waals surface area contributed by atoms with Crippen LogP contribution in [-0.2, 0) is 4.74 Å². The van der Waals surface area contributed by atoms with Crippen molar-refractivity contribution in [3.63, 3.8) is 0 Å². The van der Waals surface area contributed by atoms with Crippen LogP contribution in [0.5, 0.6) is 0 Å². The summed E-state index contributed by atoms with van der Waals surface area (Å²) >= 11 is 0. The zero-order chi connectivity index (χ0) is 9.31. The number of ether oxygens (including phenoxy) is 1. The fraction of sp³-hybridized carbons (Fsp3) is 1.00. The first kappa shape index (κ1) is 9.44. The molecule has 2 N–H and O–H groups in total. The SMILES string of the molecule is CC1COCCN1CC1(CN)CC1. The minimum absolute atomic E-state index is 0.478. The summed E-state index contributed by atoms with van der Waals surface area (Å²) in [6, 6.07) is 0.581. The number of rotatable bonds is 3. The van der Waals surface area contributed by atoms with Crippen molar-refractivity contribution in [1.29, 1.82) is 0 Å². The fourth-order valence-corrected chi connectivity index (χ4v) is 2.03. The van der Waals surface area contributed by atoms with Crippen molar-refractivity contribution >= 4 is 0 Å². The molecule has 1 atom stereocenters. The average molecular weight is 184 g/mol. The quantitative estimate of drug-likeness (QED) is 0.692. The molecule has 1 saturated carbocycles. The molecule has 2 rings (SSSR count). The summed E-state index contributed by atoms with van der Waals surface area (Å²) < 4.78 is 5.41. The van der Waals surface area contributed by atoms with E-state index in [2.05, 4.69) is 11.8 Å². The molecule has 0 bridgehead atoms. The molecule has 3 nitrogen and oxygen atoms in total. The van der Waals surface area contributed by atoms with Crippen LogP contribution in [0.15, 0.2) is 0 Å². The Morgan fingerprint density at radius 3 is 2.85 bits per heavy atom. The third kappa shape index (κ3) is 2.03. The molecule has 13 heavy (non-hydrogen) atoms. The Morgan fingerprint density at radius 2 is 2.31 bits per heavy atom. The van der Waals surface area contributed by atoms with Gasteiger partial charge in [0, 0.05) is 19.1 Å². The highest BCUT2D eigenvalue weighted by molar-refractivity contribution is 4.97. The predicted molar refractivity (Wildman–Crippen MR) is 52.6 cm³/mol. The second-order valence-corrected chi connectivity index (χ2v) is 4.60. The van der Waals surface area contributed by atoms with Crippen molar-refractivity contribution in [2.24, 2.45) is 11.1 Å². The van der Waals surface area contributed by atoms with E-state index in [1.54, 1.807) is 0 Å². The molecule has 0 radical (unpaired) electrons. The first-order valence-electron chi connectivity index (χ1n) is 5.28. The van der Waals surface area contributed by atoms with E-state index >= 15 is 0 Å². The summed E-state index contributed by atoms with van der Waals surface area (Å²) in [5, 5.41) is 0. The van der Waals surface area contributed by atoms with E-state index in [9.17, 15) is 0 Å². The molecule has 0 aromatic carbocycles. The van der Waals surface area contributed by atoms with Crippen molar-refractivity contribution in [2.45, 2.75) is 25.8 Å². The Bertz CT molecular complexity index is 180. The van der Waals surface area contributed by atoms with Gasteiger partial charge in [0.15, 0.2) is 0 Å². The molecule has 1 saturated heterocycles. The summed E-state index contributed by atoms with van der Waals surface area (Å²) in [5.41, 5.74) is 6.25. The molecule has 0 aromatic rings. The molecular weight excluding hydrogens is 164 g/mol. The maximum Gasteiger partial charge on any atom is 0.0619 e. The van der Waals surface area contributed by atoms with Crippen molar-refractivity contribution in [1.82, 2.24) is 4.90 Å². The molecule has 1 unspecified atom stereocenters. The van der Waals surface area contributed by atoms with Crippen molar-refractivity contribution in [3.8, 4) is 0 Å². The van der Waals surface area contributed by atoms with Gasteiger partial charge in [0.1, 0.15) is 0 Å². The lowest BCUT2D eigenvalue weighted by atomic mass is 10.1. The Hall–Kier alpha value is -0.120. The van der Waals surface area contributed by atoms with Crippen LogP contribution in [0.4, 0.5) is 0 Å². The molecule has 0 amide bonds. The average Bonchev–Trinajstić information content (AvgIpc) is 2.90. The van der Waals surface area contributed by atoms with Crippen LogP contribution in [-0.4, -0.2) is 43.8 Å². The maximum atomic E-state index is 5.77. The van der Waals surface area contributed by atoms with Crippen molar-refractivity contribution in [3.05, 3.63) is 0 Å². The molecule has 0 aromatic heterocycles. The van der Waals surface area contributed by atoms with E-state index in [1.165, 1.54) is 19.4 Å². The highest BCUT2D eigenvalue weighted by atomic mass is 16.5. The molecule has 3 heteroatoms. The summed E-state index contributed by atoms with van der Waals surface area (Å²) in [6.07, 6.45) is 2.65. The smallest absolute Gasteiger partial charge is 0.0619 e. The van der Waals surface area contributed by atoms with E-state index in [1.807, 2.05) is 0 Å². The summed E-state index contributed by atoms with van der Waals surface area (Å²) in [4.78, 5) is 2.53. The zero-order valence-corrected chi connectivity index (χ0v) is 8.46. The summed E-state index contributed by atoms with van der Waals surface area (Å²) in [6.45, 7) is 7.16. The number of nitrogens with two attached hydrogens (primary N) is 1. The van der Waals surface area contributed by atoms with Gasteiger partial charge in [-0.3, -0.25) is 4.90 Å². The molecule has 1 heterocycles. The van der Waals surface area contributed by atoms with Crippen LogP contribution in [0.25, 0.3) is 0 Å². The monoisotopic (exact) mass is 184 g/mol. The Labute approximate surface area is 80.2 Å². The topological polar surface area (TPSA) is 38.5 Å². The number of nitrogens with zero attached hydrogens (tertiary/aromatic N) is 1. The second kappa shape index (κ2) is 3.56. The van der Waals surface area contributed by atoms with E-state index in [0.717, 1.165) is 26.3 Å². The van der Waals surface area contributed by atoms with Crippen LogP contribution < -0.4 is 5.73 Å². The van der Waals surface area contributed by atoms with Crippen LogP contribution in [0.2, 0.25) is 0 Å². The van der Waals surface area contributed by atoms with E-state index in [0.29, 0.717) is 11.5 Å². The fourth-order valence-electron chi connectivity index (χ4n) is 2.03. The van der Waals surface area contributed by atoms with Gasteiger partial charge in [0.2, 0.25) is 0 Å². The van der Waals surface area contributed by atoms with Gasteiger partial charge in [0.25, 0.3) is 0 Å². The largest absolute Gasteiger partial charge is 0.379 e. The minimum Gasteiger partial charge on any atom is -0.379 e. The van der Waals surface area contributed by atoms with Gasteiger partial charge in [-0.05, 0) is 31.7 Å². The normalized spacial score (nSPS) is 33.2. The Kier molecular flexibility index (Phi) is 2.58.